The van der Waals surface area contributed by atoms with Gasteiger partial charge in [0.15, 0.2) is 0 Å². The highest BCUT2D eigenvalue weighted by atomic mass is 15.2. The molecule has 3 heteroatoms. The minimum absolute atomic E-state index is 0.0549. The van der Waals surface area contributed by atoms with Crippen molar-refractivity contribution in [2.45, 2.75) is 58.2 Å². The van der Waals surface area contributed by atoms with Gasteiger partial charge in [0, 0.05) is 25.2 Å². The Bertz CT molecular complexity index is 509. The topological polar surface area (TPSA) is 39.1 Å². The third kappa shape index (κ3) is 3.32. The summed E-state index contributed by atoms with van der Waals surface area (Å²) in [5.41, 5.74) is 3.04. The van der Waals surface area contributed by atoms with Gasteiger partial charge >= 0.3 is 0 Å². The summed E-state index contributed by atoms with van der Waals surface area (Å²) in [6.07, 6.45) is 3.62. The first kappa shape index (κ1) is 14.9. The molecule has 1 aliphatic rings. The van der Waals surface area contributed by atoms with Crippen LogP contribution in [0, 0.1) is 11.3 Å². The highest BCUT2D eigenvalue weighted by Crippen LogP contribution is 2.28. The Balaban J connectivity index is 2.18. The number of benzene rings is 1. The van der Waals surface area contributed by atoms with E-state index in [-0.39, 0.29) is 5.54 Å². The molecule has 1 aromatic rings. The van der Waals surface area contributed by atoms with Gasteiger partial charge in [-0.25, -0.2) is 0 Å². The van der Waals surface area contributed by atoms with Crippen LogP contribution in [0.15, 0.2) is 18.2 Å². The van der Waals surface area contributed by atoms with Crippen LogP contribution in [0.5, 0.6) is 0 Å². The minimum atomic E-state index is 0.0549. The molecule has 3 nitrogen and oxygen atoms in total. The molecule has 0 aromatic heterocycles. The Morgan fingerprint density at radius 1 is 1.40 bits per heavy atom. The molecule has 0 bridgehead atoms. The molecule has 0 spiro atoms. The van der Waals surface area contributed by atoms with Crippen molar-refractivity contribution >= 4 is 5.69 Å². The zero-order valence-electron chi connectivity index (χ0n) is 13.0. The van der Waals surface area contributed by atoms with E-state index in [0.717, 1.165) is 24.2 Å². The van der Waals surface area contributed by atoms with Crippen LogP contribution in [-0.2, 0) is 6.54 Å². The molecular formula is C17H25N3. The van der Waals surface area contributed by atoms with Crippen LogP contribution < -0.4 is 10.2 Å². The molecule has 20 heavy (non-hydrogen) atoms. The van der Waals surface area contributed by atoms with Gasteiger partial charge in [-0.2, -0.15) is 5.26 Å². The molecule has 0 unspecified atom stereocenters. The number of anilines is 1. The Morgan fingerprint density at radius 2 is 2.10 bits per heavy atom. The lowest BCUT2D eigenvalue weighted by molar-refractivity contribution is 0.470. The third-order valence-electron chi connectivity index (χ3n) is 4.49. The third-order valence-corrected chi connectivity index (χ3v) is 4.49. The summed E-state index contributed by atoms with van der Waals surface area (Å²) in [6, 6.07) is 9.28. The lowest BCUT2D eigenvalue weighted by Gasteiger charge is -2.37. The molecule has 0 atom stereocenters. The maximum absolute atomic E-state index is 9.42. The number of rotatable bonds is 6. The van der Waals surface area contributed by atoms with E-state index < -0.39 is 0 Å². The lowest BCUT2D eigenvalue weighted by Crippen LogP contribution is -2.41. The summed E-state index contributed by atoms with van der Waals surface area (Å²) >= 11 is 0. The van der Waals surface area contributed by atoms with Crippen molar-refractivity contribution in [3.63, 3.8) is 0 Å². The van der Waals surface area contributed by atoms with Crippen LogP contribution in [0.3, 0.4) is 0 Å². The normalized spacial score (nSPS) is 14.9. The number of nitriles is 1. The largest absolute Gasteiger partial charge is 0.368 e. The fourth-order valence-corrected chi connectivity index (χ4v) is 2.19. The molecule has 0 saturated heterocycles. The predicted molar refractivity (Wildman–Crippen MR) is 83.8 cm³/mol. The van der Waals surface area contributed by atoms with E-state index in [0.29, 0.717) is 6.04 Å². The molecule has 0 aliphatic heterocycles. The maximum atomic E-state index is 9.42. The van der Waals surface area contributed by atoms with E-state index in [9.17, 15) is 5.26 Å². The van der Waals surface area contributed by atoms with Gasteiger partial charge in [0.25, 0.3) is 0 Å². The van der Waals surface area contributed by atoms with Crippen molar-refractivity contribution in [2.24, 2.45) is 0 Å². The second kappa shape index (κ2) is 5.85. The molecular weight excluding hydrogens is 246 g/mol. The van der Waals surface area contributed by atoms with E-state index >= 15 is 0 Å². The standard InChI is InChI=1S/C17H25N3/c1-5-17(2,3)20(4)16-9-6-13(10-14(16)11-18)12-19-15-7-8-15/h6,9-10,15,19H,5,7-8,12H2,1-4H3. The summed E-state index contributed by atoms with van der Waals surface area (Å²) < 4.78 is 0. The zero-order chi connectivity index (χ0) is 14.8. The first-order chi connectivity index (χ1) is 9.47. The minimum Gasteiger partial charge on any atom is -0.368 e. The van der Waals surface area contributed by atoms with Gasteiger partial charge in [-0.3, -0.25) is 0 Å². The SMILES string of the molecule is CCC(C)(C)N(C)c1ccc(CNC2CC2)cc1C#N. The summed E-state index contributed by atoms with van der Waals surface area (Å²) in [5.74, 6) is 0. The van der Waals surface area contributed by atoms with Gasteiger partial charge < -0.3 is 10.2 Å². The lowest BCUT2D eigenvalue weighted by atomic mass is 9.97. The van der Waals surface area contributed by atoms with Crippen molar-refractivity contribution in [3.8, 4) is 6.07 Å². The second-order valence-corrected chi connectivity index (χ2v) is 6.34. The molecule has 0 radical (unpaired) electrons. The van der Waals surface area contributed by atoms with E-state index in [1.807, 2.05) is 6.07 Å². The van der Waals surface area contributed by atoms with Crippen molar-refractivity contribution in [2.75, 3.05) is 11.9 Å². The van der Waals surface area contributed by atoms with Crippen LogP contribution in [-0.4, -0.2) is 18.6 Å². The van der Waals surface area contributed by atoms with Crippen molar-refractivity contribution < 1.29 is 0 Å². The number of nitrogens with one attached hydrogen (secondary N) is 1. The van der Waals surface area contributed by atoms with Gasteiger partial charge in [0.1, 0.15) is 6.07 Å². The van der Waals surface area contributed by atoms with E-state index in [4.69, 9.17) is 0 Å². The number of nitrogens with zero attached hydrogens (tertiary/aromatic N) is 2. The number of hydrogen-bond donors (Lipinski definition) is 1. The molecule has 0 amide bonds. The Kier molecular flexibility index (Phi) is 4.35. The van der Waals surface area contributed by atoms with E-state index in [1.54, 1.807) is 0 Å². The van der Waals surface area contributed by atoms with Crippen molar-refractivity contribution in [1.82, 2.24) is 5.32 Å². The molecule has 1 aromatic carbocycles. The molecule has 0 heterocycles. The fourth-order valence-electron chi connectivity index (χ4n) is 2.19. The van der Waals surface area contributed by atoms with Gasteiger partial charge in [-0.1, -0.05) is 13.0 Å². The molecule has 1 aliphatic carbocycles. The van der Waals surface area contributed by atoms with Crippen molar-refractivity contribution in [1.29, 1.82) is 5.26 Å². The monoisotopic (exact) mass is 271 g/mol. The van der Waals surface area contributed by atoms with Crippen molar-refractivity contribution in [3.05, 3.63) is 29.3 Å². The van der Waals surface area contributed by atoms with Crippen LogP contribution in [0.2, 0.25) is 0 Å². The second-order valence-electron chi connectivity index (χ2n) is 6.34. The first-order valence-electron chi connectivity index (χ1n) is 7.48. The summed E-state index contributed by atoms with van der Waals surface area (Å²) in [7, 11) is 2.07. The van der Waals surface area contributed by atoms with Crippen LogP contribution in [0.25, 0.3) is 0 Å². The quantitative estimate of drug-likeness (QED) is 0.861. The Hall–Kier alpha value is -1.53. The highest BCUT2D eigenvalue weighted by Gasteiger charge is 2.24. The van der Waals surface area contributed by atoms with Gasteiger partial charge in [0.05, 0.1) is 11.3 Å². The fraction of sp³-hybridized carbons (Fsp3) is 0.588. The molecule has 2 rings (SSSR count). The highest BCUT2D eigenvalue weighted by molar-refractivity contribution is 5.61. The number of hydrogen-bond acceptors (Lipinski definition) is 3. The van der Waals surface area contributed by atoms with E-state index in [1.165, 1.54) is 18.4 Å². The van der Waals surface area contributed by atoms with Gasteiger partial charge in [0.2, 0.25) is 0 Å². The van der Waals surface area contributed by atoms with Gasteiger partial charge in [-0.15, -0.1) is 0 Å². The average molecular weight is 271 g/mol. The van der Waals surface area contributed by atoms with Crippen LogP contribution in [0.1, 0.15) is 51.2 Å². The summed E-state index contributed by atoms with van der Waals surface area (Å²) in [5, 5.41) is 12.9. The predicted octanol–water partition coefficient (Wildman–Crippen LogP) is 3.44. The summed E-state index contributed by atoms with van der Waals surface area (Å²) in [4.78, 5) is 2.21. The molecule has 1 N–H and O–H groups in total. The molecule has 108 valence electrons. The maximum Gasteiger partial charge on any atom is 0.101 e. The first-order valence-corrected chi connectivity index (χ1v) is 7.48. The van der Waals surface area contributed by atoms with E-state index in [2.05, 4.69) is 56.2 Å². The smallest absolute Gasteiger partial charge is 0.101 e. The summed E-state index contributed by atoms with van der Waals surface area (Å²) in [6.45, 7) is 7.45. The van der Waals surface area contributed by atoms with Crippen LogP contribution in [0.4, 0.5) is 5.69 Å². The molecule has 1 saturated carbocycles. The Labute approximate surface area is 122 Å². The van der Waals surface area contributed by atoms with Gasteiger partial charge in [-0.05, 0) is 50.8 Å². The average Bonchev–Trinajstić information content (AvgIpc) is 3.28. The Morgan fingerprint density at radius 3 is 2.65 bits per heavy atom. The van der Waals surface area contributed by atoms with Crippen LogP contribution >= 0.6 is 0 Å². The zero-order valence-corrected chi connectivity index (χ0v) is 13.0. The molecule has 1 fully saturated rings.